The molecule has 1 nitrogen and oxygen atoms in total. The molecule has 31 heavy (non-hydrogen) atoms. The van der Waals surface area contributed by atoms with Crippen molar-refractivity contribution < 1.29 is 4.42 Å². The Labute approximate surface area is 192 Å². The fourth-order valence-electron chi connectivity index (χ4n) is 3.55. The van der Waals surface area contributed by atoms with Crippen molar-refractivity contribution in [2.75, 3.05) is 0 Å². The van der Waals surface area contributed by atoms with E-state index >= 15 is 0 Å². The van der Waals surface area contributed by atoms with E-state index in [0.717, 1.165) is 37.9 Å². The molecule has 0 unspecified atom stereocenters. The summed E-state index contributed by atoms with van der Waals surface area (Å²) in [5, 5.41) is 0. The van der Waals surface area contributed by atoms with Gasteiger partial charge in [-0.2, -0.15) is 0 Å². The normalized spacial score (nSPS) is 13.6. The van der Waals surface area contributed by atoms with Crippen LogP contribution >= 0.6 is 0 Å². The Morgan fingerprint density at radius 1 is 0.613 bits per heavy atom. The third-order valence-corrected chi connectivity index (χ3v) is 5.65. The van der Waals surface area contributed by atoms with E-state index in [1.807, 2.05) is 6.07 Å². The topological polar surface area (TPSA) is 13.1 Å². The Morgan fingerprint density at radius 3 is 1.42 bits per heavy atom. The Morgan fingerprint density at radius 2 is 1.03 bits per heavy atom. The molecule has 0 radical (unpaired) electrons. The van der Waals surface area contributed by atoms with Crippen LogP contribution in [-0.2, 0) is 6.42 Å². The standard InChI is InChI=1S/C30H46O/c1-25(2)13-7-14-26(3)15-8-16-27(4)17-9-18-28(5)19-10-20-29(6)21-11-22-30-23-12-24-31-30/h12-13,15,17,19,21,23-24H,7-11,14,16,18,20,22H2,1-6H3. The SMILES string of the molecule is CC(C)=CCCC(C)=CCCC(C)=CCCC(C)=CCCC(C)=CCCc1ccco1. The highest BCUT2D eigenvalue weighted by Crippen LogP contribution is 2.15. The molecule has 0 fully saturated rings. The lowest BCUT2D eigenvalue weighted by atomic mass is 10.0. The lowest BCUT2D eigenvalue weighted by Gasteiger charge is -2.03. The predicted molar refractivity (Wildman–Crippen MR) is 138 cm³/mol. The summed E-state index contributed by atoms with van der Waals surface area (Å²) in [5.74, 6) is 1.08. The van der Waals surface area contributed by atoms with Gasteiger partial charge in [0.15, 0.2) is 0 Å². The van der Waals surface area contributed by atoms with Gasteiger partial charge in [-0.3, -0.25) is 0 Å². The molecule has 0 saturated heterocycles. The average molecular weight is 423 g/mol. The molecule has 0 aliphatic carbocycles. The molecule has 0 bridgehead atoms. The van der Waals surface area contributed by atoms with Gasteiger partial charge in [0.05, 0.1) is 6.26 Å². The third-order valence-electron chi connectivity index (χ3n) is 5.65. The van der Waals surface area contributed by atoms with Crippen molar-refractivity contribution in [3.05, 3.63) is 82.4 Å². The van der Waals surface area contributed by atoms with Crippen LogP contribution in [0.3, 0.4) is 0 Å². The fraction of sp³-hybridized carbons (Fsp3) is 0.533. The second-order valence-electron chi connectivity index (χ2n) is 9.26. The zero-order valence-electron chi connectivity index (χ0n) is 21.1. The van der Waals surface area contributed by atoms with E-state index in [1.165, 1.54) is 60.0 Å². The first-order chi connectivity index (χ1) is 14.9. The molecule has 0 N–H and O–H groups in total. The van der Waals surface area contributed by atoms with Crippen LogP contribution in [0.2, 0.25) is 0 Å². The summed E-state index contributed by atoms with van der Waals surface area (Å²) in [6, 6.07) is 4.01. The molecule has 1 aromatic rings. The van der Waals surface area contributed by atoms with E-state index in [2.05, 4.69) is 78.0 Å². The van der Waals surface area contributed by atoms with Gasteiger partial charge in [0.2, 0.25) is 0 Å². The van der Waals surface area contributed by atoms with E-state index in [9.17, 15) is 0 Å². The van der Waals surface area contributed by atoms with Crippen molar-refractivity contribution in [3.63, 3.8) is 0 Å². The van der Waals surface area contributed by atoms with Crippen LogP contribution in [0.25, 0.3) is 0 Å². The Kier molecular flexibility index (Phi) is 14.5. The summed E-state index contributed by atoms with van der Waals surface area (Å²) in [5.41, 5.74) is 7.47. The van der Waals surface area contributed by atoms with E-state index < -0.39 is 0 Å². The maximum atomic E-state index is 5.39. The molecule has 0 spiro atoms. The monoisotopic (exact) mass is 422 g/mol. The Bertz CT molecular complexity index is 746. The smallest absolute Gasteiger partial charge is 0.104 e. The van der Waals surface area contributed by atoms with E-state index in [-0.39, 0.29) is 0 Å². The lowest BCUT2D eigenvalue weighted by Crippen LogP contribution is -1.84. The highest BCUT2D eigenvalue weighted by Gasteiger charge is 1.96. The van der Waals surface area contributed by atoms with Gasteiger partial charge in [-0.15, -0.1) is 0 Å². The van der Waals surface area contributed by atoms with Gasteiger partial charge in [0.25, 0.3) is 0 Å². The number of aryl methyl sites for hydroxylation is 1. The molecule has 1 rings (SSSR count). The molecule has 0 atom stereocenters. The second-order valence-corrected chi connectivity index (χ2v) is 9.26. The first-order valence-corrected chi connectivity index (χ1v) is 12.1. The first kappa shape index (κ1) is 27.0. The van der Waals surface area contributed by atoms with Gasteiger partial charge < -0.3 is 4.42 Å². The van der Waals surface area contributed by atoms with Crippen LogP contribution in [0.1, 0.15) is 105 Å². The molecule has 1 heteroatoms. The van der Waals surface area contributed by atoms with Crippen LogP contribution in [0, 0.1) is 0 Å². The van der Waals surface area contributed by atoms with Crippen LogP contribution in [-0.4, -0.2) is 0 Å². The average Bonchev–Trinajstić information content (AvgIpc) is 3.21. The van der Waals surface area contributed by atoms with E-state index in [1.54, 1.807) is 6.26 Å². The molecular weight excluding hydrogens is 376 g/mol. The highest BCUT2D eigenvalue weighted by molar-refractivity contribution is 5.08. The van der Waals surface area contributed by atoms with Crippen LogP contribution in [0.5, 0.6) is 0 Å². The number of furan rings is 1. The zero-order valence-corrected chi connectivity index (χ0v) is 21.1. The maximum absolute atomic E-state index is 5.39. The van der Waals surface area contributed by atoms with Crippen molar-refractivity contribution in [1.29, 1.82) is 0 Å². The quantitative estimate of drug-likeness (QED) is 0.256. The van der Waals surface area contributed by atoms with Gasteiger partial charge in [0, 0.05) is 6.42 Å². The summed E-state index contributed by atoms with van der Waals surface area (Å²) in [6.45, 7) is 13.4. The molecule has 0 aliphatic heterocycles. The summed E-state index contributed by atoms with van der Waals surface area (Å²) < 4.78 is 5.39. The Balaban J connectivity index is 2.19. The van der Waals surface area contributed by atoms with Gasteiger partial charge in [0.1, 0.15) is 5.76 Å². The zero-order chi connectivity index (χ0) is 22.9. The lowest BCUT2D eigenvalue weighted by molar-refractivity contribution is 0.510. The first-order valence-electron chi connectivity index (χ1n) is 12.1. The molecule has 1 heterocycles. The minimum Gasteiger partial charge on any atom is -0.469 e. The summed E-state index contributed by atoms with van der Waals surface area (Å²) in [4.78, 5) is 0. The molecule has 1 aromatic heterocycles. The summed E-state index contributed by atoms with van der Waals surface area (Å²) in [7, 11) is 0. The van der Waals surface area contributed by atoms with Crippen molar-refractivity contribution >= 4 is 0 Å². The van der Waals surface area contributed by atoms with Crippen LogP contribution in [0.15, 0.2) is 81.1 Å². The van der Waals surface area contributed by atoms with Crippen molar-refractivity contribution in [3.8, 4) is 0 Å². The van der Waals surface area contributed by atoms with Gasteiger partial charge >= 0.3 is 0 Å². The molecule has 0 saturated carbocycles. The number of hydrogen-bond donors (Lipinski definition) is 0. The number of hydrogen-bond acceptors (Lipinski definition) is 1. The van der Waals surface area contributed by atoms with Crippen molar-refractivity contribution in [2.24, 2.45) is 0 Å². The minimum atomic E-state index is 0.996. The van der Waals surface area contributed by atoms with Gasteiger partial charge in [-0.1, -0.05) is 58.2 Å². The van der Waals surface area contributed by atoms with Crippen molar-refractivity contribution in [1.82, 2.24) is 0 Å². The Hall–Kier alpha value is -2.02. The summed E-state index contributed by atoms with van der Waals surface area (Å²) >= 11 is 0. The highest BCUT2D eigenvalue weighted by atomic mass is 16.3. The third kappa shape index (κ3) is 15.4. The molecule has 0 amide bonds. The summed E-state index contributed by atoms with van der Waals surface area (Å²) in [6.07, 6.45) is 25.1. The van der Waals surface area contributed by atoms with Crippen molar-refractivity contribution in [2.45, 2.75) is 106 Å². The molecule has 0 aromatic carbocycles. The largest absolute Gasteiger partial charge is 0.469 e. The number of allylic oxidation sites excluding steroid dienone is 10. The minimum absolute atomic E-state index is 0.996. The van der Waals surface area contributed by atoms with E-state index in [0.29, 0.717) is 0 Å². The van der Waals surface area contributed by atoms with Gasteiger partial charge in [-0.05, 0) is 111 Å². The van der Waals surface area contributed by atoms with Crippen LogP contribution < -0.4 is 0 Å². The van der Waals surface area contributed by atoms with Gasteiger partial charge in [-0.25, -0.2) is 0 Å². The number of rotatable bonds is 15. The molecule has 172 valence electrons. The van der Waals surface area contributed by atoms with E-state index in [4.69, 9.17) is 4.42 Å². The maximum Gasteiger partial charge on any atom is 0.104 e. The molecular formula is C30H46O. The second kappa shape index (κ2) is 16.6. The fourth-order valence-corrected chi connectivity index (χ4v) is 3.55. The van der Waals surface area contributed by atoms with Crippen LogP contribution in [0.4, 0.5) is 0 Å². The molecule has 0 aliphatic rings. The predicted octanol–water partition coefficient (Wildman–Crippen LogP) is 10.1.